The van der Waals surface area contributed by atoms with E-state index in [1.807, 2.05) is 60.7 Å². The molecule has 9 heteroatoms. The van der Waals surface area contributed by atoms with Crippen LogP contribution in [0.15, 0.2) is 84.6 Å². The van der Waals surface area contributed by atoms with Crippen LogP contribution in [0.1, 0.15) is 23.7 Å². The fraction of sp³-hybridized carbons (Fsp3) is 0.231. The number of Topliss-reactive ketones (excluding diaryl/α,β-unsaturated/α-hetero) is 1. The van der Waals surface area contributed by atoms with Gasteiger partial charge in [-0.15, -0.1) is 23.4 Å². The van der Waals surface area contributed by atoms with Crippen molar-refractivity contribution in [3.63, 3.8) is 0 Å². The molecule has 0 bridgehead atoms. The minimum atomic E-state index is -0.844. The van der Waals surface area contributed by atoms with E-state index >= 15 is 0 Å². The van der Waals surface area contributed by atoms with Gasteiger partial charge in [-0.1, -0.05) is 73.3 Å². The summed E-state index contributed by atoms with van der Waals surface area (Å²) in [7, 11) is 0. The zero-order valence-electron chi connectivity index (χ0n) is 18.7. The lowest BCUT2D eigenvalue weighted by Gasteiger charge is -2.49. The van der Waals surface area contributed by atoms with Crippen molar-refractivity contribution in [1.82, 2.24) is 10.2 Å². The van der Waals surface area contributed by atoms with Crippen LogP contribution in [-0.2, 0) is 23.9 Å². The first-order valence-corrected chi connectivity index (χ1v) is 12.5. The molecular weight excluding hydrogens is 488 g/mol. The normalized spacial score (nSPS) is 19.0. The van der Waals surface area contributed by atoms with E-state index in [1.165, 1.54) is 22.7 Å². The standard InChI is InChI=1S/C26H23ClN2O5S/c1-2-16-15-35-25-21(28-20(31)13-19(30)14-27)24(32)29(25)22(16)26(33)34-23(17-9-5-3-6-10-17)18-11-7-4-8-12-18/h2-12,21,23,25H,1,13-15H2,(H,28,31)/t21?,25-/m1/s1. The number of nitrogens with zero attached hydrogens (tertiary/aromatic N) is 1. The van der Waals surface area contributed by atoms with Gasteiger partial charge >= 0.3 is 5.97 Å². The molecule has 2 amide bonds. The topological polar surface area (TPSA) is 92.8 Å². The molecule has 35 heavy (non-hydrogen) atoms. The zero-order chi connectivity index (χ0) is 24.9. The van der Waals surface area contributed by atoms with Gasteiger partial charge in [-0.2, -0.15) is 0 Å². The fourth-order valence-corrected chi connectivity index (χ4v) is 5.42. The molecule has 7 nitrogen and oxygen atoms in total. The average molecular weight is 511 g/mol. The predicted molar refractivity (Wildman–Crippen MR) is 133 cm³/mol. The van der Waals surface area contributed by atoms with Crippen LogP contribution in [0.5, 0.6) is 0 Å². The molecule has 1 unspecified atom stereocenters. The molecule has 1 saturated heterocycles. The van der Waals surface area contributed by atoms with Gasteiger partial charge in [0, 0.05) is 5.75 Å². The summed E-state index contributed by atoms with van der Waals surface area (Å²) in [5.41, 5.74) is 2.27. The lowest BCUT2D eigenvalue weighted by Crippen LogP contribution is -2.70. The van der Waals surface area contributed by atoms with Crippen LogP contribution in [0.2, 0.25) is 0 Å². The highest BCUT2D eigenvalue weighted by Crippen LogP contribution is 2.41. The molecule has 2 aliphatic rings. The summed E-state index contributed by atoms with van der Waals surface area (Å²) in [5, 5.41) is 2.09. The van der Waals surface area contributed by atoms with E-state index in [0.29, 0.717) is 11.3 Å². The molecule has 2 atom stereocenters. The number of hydrogen-bond acceptors (Lipinski definition) is 6. The molecule has 0 saturated carbocycles. The number of alkyl halides is 1. The Morgan fingerprint density at radius 3 is 2.26 bits per heavy atom. The summed E-state index contributed by atoms with van der Waals surface area (Å²) >= 11 is 6.86. The number of esters is 1. The number of fused-ring (bicyclic) bond motifs is 1. The number of rotatable bonds is 9. The van der Waals surface area contributed by atoms with Crippen molar-refractivity contribution in [2.75, 3.05) is 11.6 Å². The lowest BCUT2D eigenvalue weighted by molar-refractivity contribution is -0.154. The Labute approximate surface area is 212 Å². The number of hydrogen-bond donors (Lipinski definition) is 1. The summed E-state index contributed by atoms with van der Waals surface area (Å²) in [6, 6.07) is 17.8. The van der Waals surface area contributed by atoms with Gasteiger partial charge in [0.2, 0.25) is 5.91 Å². The van der Waals surface area contributed by atoms with Crippen molar-refractivity contribution in [2.45, 2.75) is 23.9 Å². The quantitative estimate of drug-likeness (QED) is 0.241. The van der Waals surface area contributed by atoms with E-state index in [1.54, 1.807) is 0 Å². The summed E-state index contributed by atoms with van der Waals surface area (Å²) in [5.74, 6) is -1.98. The van der Waals surface area contributed by atoms with Gasteiger partial charge in [-0.3, -0.25) is 19.3 Å². The van der Waals surface area contributed by atoms with Gasteiger partial charge in [0.15, 0.2) is 11.9 Å². The minimum Gasteiger partial charge on any atom is -0.448 e. The molecule has 180 valence electrons. The number of carbonyl (C=O) groups is 4. The Bertz CT molecular complexity index is 1150. The molecule has 0 radical (unpaired) electrons. The lowest BCUT2D eigenvalue weighted by atomic mass is 10.0. The Hall–Kier alpha value is -3.36. The molecule has 0 aliphatic carbocycles. The summed E-state index contributed by atoms with van der Waals surface area (Å²) in [6.45, 7) is 3.79. The molecular formula is C26H23ClN2O5S. The van der Waals surface area contributed by atoms with Crippen LogP contribution in [-0.4, -0.2) is 51.5 Å². The molecule has 0 aromatic heterocycles. The summed E-state index contributed by atoms with van der Waals surface area (Å²) in [6.07, 6.45) is 0.464. The summed E-state index contributed by atoms with van der Waals surface area (Å²) < 4.78 is 5.98. The third-order valence-electron chi connectivity index (χ3n) is 5.69. The van der Waals surface area contributed by atoms with Crippen LogP contribution in [0.3, 0.4) is 0 Å². The second-order valence-corrected chi connectivity index (χ2v) is 9.36. The second kappa shape index (κ2) is 10.9. The van der Waals surface area contributed by atoms with E-state index < -0.39 is 47.5 Å². The number of amides is 2. The second-order valence-electron chi connectivity index (χ2n) is 7.99. The van der Waals surface area contributed by atoms with Crippen molar-refractivity contribution in [1.29, 1.82) is 0 Å². The molecule has 4 rings (SSSR count). The highest BCUT2D eigenvalue weighted by atomic mass is 35.5. The number of ketones is 1. The third-order valence-corrected chi connectivity index (χ3v) is 7.29. The molecule has 2 aliphatic heterocycles. The maximum atomic E-state index is 13.5. The Balaban J connectivity index is 1.57. The number of β-lactam (4-membered cyclic amide) rings is 1. The largest absolute Gasteiger partial charge is 0.448 e. The van der Waals surface area contributed by atoms with E-state index in [-0.39, 0.29) is 11.6 Å². The molecule has 2 aromatic rings. The average Bonchev–Trinajstić information content (AvgIpc) is 2.90. The smallest absolute Gasteiger partial charge is 0.356 e. The van der Waals surface area contributed by atoms with E-state index in [9.17, 15) is 19.2 Å². The van der Waals surface area contributed by atoms with E-state index in [0.717, 1.165) is 11.1 Å². The van der Waals surface area contributed by atoms with Gasteiger partial charge < -0.3 is 10.1 Å². The number of thioether (sulfide) groups is 1. The highest BCUT2D eigenvalue weighted by molar-refractivity contribution is 8.00. The maximum absolute atomic E-state index is 13.5. The van der Waals surface area contributed by atoms with Crippen LogP contribution < -0.4 is 5.32 Å². The van der Waals surface area contributed by atoms with E-state index in [4.69, 9.17) is 16.3 Å². The van der Waals surface area contributed by atoms with Gasteiger partial charge in [0.25, 0.3) is 5.91 Å². The Kier molecular flexibility index (Phi) is 7.73. The first-order chi connectivity index (χ1) is 16.9. The number of nitrogens with one attached hydrogen (secondary N) is 1. The first-order valence-electron chi connectivity index (χ1n) is 10.9. The number of benzene rings is 2. The van der Waals surface area contributed by atoms with Gasteiger partial charge in [0.05, 0.1) is 12.3 Å². The van der Waals surface area contributed by atoms with Gasteiger partial charge in [-0.05, 0) is 16.7 Å². The van der Waals surface area contributed by atoms with E-state index in [2.05, 4.69) is 11.9 Å². The molecule has 2 heterocycles. The first kappa shape index (κ1) is 24.8. The number of carbonyl (C=O) groups excluding carboxylic acids is 4. The van der Waals surface area contributed by atoms with Crippen molar-refractivity contribution < 1.29 is 23.9 Å². The van der Waals surface area contributed by atoms with Crippen molar-refractivity contribution in [2.24, 2.45) is 0 Å². The highest BCUT2D eigenvalue weighted by Gasteiger charge is 2.54. The molecule has 1 N–H and O–H groups in total. The van der Waals surface area contributed by atoms with Crippen LogP contribution in [0.25, 0.3) is 0 Å². The Morgan fingerprint density at radius 1 is 1.11 bits per heavy atom. The molecule has 1 fully saturated rings. The Morgan fingerprint density at radius 2 is 1.71 bits per heavy atom. The van der Waals surface area contributed by atoms with Gasteiger partial charge in [-0.25, -0.2) is 4.79 Å². The third kappa shape index (κ3) is 5.18. The molecule has 2 aromatic carbocycles. The van der Waals surface area contributed by atoms with Crippen molar-refractivity contribution in [3.8, 4) is 0 Å². The minimum absolute atomic E-state index is 0.118. The number of allylic oxidation sites excluding steroid dienone is 1. The predicted octanol–water partition coefficient (Wildman–Crippen LogP) is 3.36. The van der Waals surface area contributed by atoms with Crippen molar-refractivity contribution >= 4 is 46.9 Å². The maximum Gasteiger partial charge on any atom is 0.356 e. The van der Waals surface area contributed by atoms with Crippen LogP contribution in [0.4, 0.5) is 0 Å². The number of ether oxygens (including phenoxy) is 1. The van der Waals surface area contributed by atoms with Gasteiger partial charge in [0.1, 0.15) is 17.1 Å². The zero-order valence-corrected chi connectivity index (χ0v) is 20.3. The summed E-state index contributed by atoms with van der Waals surface area (Å²) in [4.78, 5) is 51.4. The fourth-order valence-electron chi connectivity index (χ4n) is 3.99. The SMILES string of the molecule is C=CC1=C(C(=O)OC(c2ccccc2)c2ccccc2)N2C(=O)C(NC(=O)CC(=O)CCl)[C@H]2SC1. The van der Waals surface area contributed by atoms with Crippen LogP contribution >= 0.6 is 23.4 Å². The van der Waals surface area contributed by atoms with Crippen LogP contribution in [0, 0.1) is 0 Å². The van der Waals surface area contributed by atoms with Crippen molar-refractivity contribution in [3.05, 3.63) is 95.7 Å². The monoisotopic (exact) mass is 510 g/mol. The number of halogens is 1. The molecule has 0 spiro atoms.